The first-order valence-electron chi connectivity index (χ1n) is 8.32. The van der Waals surface area contributed by atoms with E-state index < -0.39 is 0 Å². The quantitative estimate of drug-likeness (QED) is 0.849. The van der Waals surface area contributed by atoms with E-state index in [0.29, 0.717) is 18.8 Å². The smallest absolute Gasteiger partial charge is 0.137 e. The van der Waals surface area contributed by atoms with Crippen LogP contribution >= 0.6 is 0 Å². The molecule has 2 fully saturated rings. The first kappa shape index (κ1) is 14.7. The predicted octanol–water partition coefficient (Wildman–Crippen LogP) is 2.88. The normalized spacial score (nSPS) is 27.7. The number of nitrogens with zero attached hydrogens (tertiary/aromatic N) is 2. The molecule has 5 heteroatoms. The molecular weight excluding hydrogens is 292 g/mol. The molecule has 0 unspecified atom stereocenters. The molecule has 23 heavy (non-hydrogen) atoms. The summed E-state index contributed by atoms with van der Waals surface area (Å²) in [4.78, 5) is 6.59. The Morgan fingerprint density at radius 1 is 1.26 bits per heavy atom. The van der Waals surface area contributed by atoms with Gasteiger partial charge in [-0.25, -0.2) is 0 Å². The predicted molar refractivity (Wildman–Crippen MR) is 85.2 cm³/mol. The highest BCUT2D eigenvalue weighted by atomic mass is 16.5. The molecule has 5 nitrogen and oxygen atoms in total. The van der Waals surface area contributed by atoms with Crippen molar-refractivity contribution in [2.24, 2.45) is 0 Å². The van der Waals surface area contributed by atoms with E-state index in [9.17, 15) is 0 Å². The van der Waals surface area contributed by atoms with Gasteiger partial charge < -0.3 is 13.9 Å². The molecular formula is C18H22N2O3. The Bertz CT molecular complexity index is 602. The Hall–Kier alpha value is -1.85. The zero-order valence-corrected chi connectivity index (χ0v) is 13.1. The van der Waals surface area contributed by atoms with E-state index in [4.69, 9.17) is 13.9 Å². The van der Waals surface area contributed by atoms with Crippen molar-refractivity contribution in [2.45, 2.75) is 44.1 Å². The molecule has 0 radical (unpaired) electrons. The highest BCUT2D eigenvalue weighted by molar-refractivity contribution is 5.15. The number of fused-ring (bicyclic) bond motifs is 1. The van der Waals surface area contributed by atoms with Crippen molar-refractivity contribution in [3.8, 4) is 5.75 Å². The lowest BCUT2D eigenvalue weighted by atomic mass is 9.99. The average Bonchev–Trinajstić information content (AvgIpc) is 3.24. The van der Waals surface area contributed by atoms with E-state index in [2.05, 4.69) is 9.88 Å². The van der Waals surface area contributed by atoms with E-state index >= 15 is 0 Å². The van der Waals surface area contributed by atoms with Crippen LogP contribution in [0.3, 0.4) is 0 Å². The van der Waals surface area contributed by atoms with Gasteiger partial charge in [0.2, 0.25) is 0 Å². The number of hydrogen-bond donors (Lipinski definition) is 0. The standard InChI is InChI=1S/C18H22N2O3/c1-2-15(10-19-7-1)22-13-16-3-4-17-18(23-16)5-8-20(17)11-14-6-9-21-12-14/h1-2,6-7,9-10,12,16-18H,3-5,8,11,13H2/t16-,17+,18+/m1/s1. The van der Waals surface area contributed by atoms with Crippen LogP contribution in [0.2, 0.25) is 0 Å². The molecule has 0 spiro atoms. The van der Waals surface area contributed by atoms with Gasteiger partial charge in [-0.05, 0) is 37.5 Å². The fraction of sp³-hybridized carbons (Fsp3) is 0.500. The van der Waals surface area contributed by atoms with Gasteiger partial charge >= 0.3 is 0 Å². The van der Waals surface area contributed by atoms with Crippen molar-refractivity contribution < 1.29 is 13.9 Å². The minimum Gasteiger partial charge on any atom is -0.489 e. The van der Waals surface area contributed by atoms with Crippen LogP contribution < -0.4 is 4.74 Å². The molecule has 0 aliphatic carbocycles. The topological polar surface area (TPSA) is 47.7 Å². The van der Waals surface area contributed by atoms with Gasteiger partial charge in [-0.2, -0.15) is 0 Å². The summed E-state index contributed by atoms with van der Waals surface area (Å²) in [5.41, 5.74) is 1.24. The molecule has 2 aliphatic heterocycles. The van der Waals surface area contributed by atoms with E-state index in [1.165, 1.54) is 12.0 Å². The van der Waals surface area contributed by atoms with Gasteiger partial charge in [0.15, 0.2) is 0 Å². The zero-order valence-electron chi connectivity index (χ0n) is 13.1. The van der Waals surface area contributed by atoms with Crippen molar-refractivity contribution in [1.82, 2.24) is 9.88 Å². The van der Waals surface area contributed by atoms with Gasteiger partial charge in [0.1, 0.15) is 12.4 Å². The van der Waals surface area contributed by atoms with E-state index in [1.54, 1.807) is 18.7 Å². The van der Waals surface area contributed by atoms with Crippen molar-refractivity contribution in [3.63, 3.8) is 0 Å². The molecule has 122 valence electrons. The minimum absolute atomic E-state index is 0.185. The molecule has 2 saturated heterocycles. The summed E-state index contributed by atoms with van der Waals surface area (Å²) in [6.07, 6.45) is 10.9. The Labute approximate surface area is 136 Å². The number of likely N-dealkylation sites (tertiary alicyclic amines) is 1. The fourth-order valence-electron chi connectivity index (χ4n) is 3.64. The number of furan rings is 1. The van der Waals surface area contributed by atoms with Gasteiger partial charge in [0.05, 0.1) is 30.9 Å². The third-order valence-electron chi connectivity index (χ3n) is 4.79. The van der Waals surface area contributed by atoms with Crippen LogP contribution in [0, 0.1) is 0 Å². The summed E-state index contributed by atoms with van der Waals surface area (Å²) in [5.74, 6) is 0.811. The van der Waals surface area contributed by atoms with Crippen LogP contribution in [0.15, 0.2) is 47.5 Å². The Balaban J connectivity index is 1.29. The van der Waals surface area contributed by atoms with Gasteiger partial charge in [-0.1, -0.05) is 0 Å². The molecule has 0 bridgehead atoms. The third-order valence-corrected chi connectivity index (χ3v) is 4.79. The molecule has 0 amide bonds. The van der Waals surface area contributed by atoms with Crippen LogP contribution in [-0.4, -0.2) is 41.3 Å². The maximum absolute atomic E-state index is 6.27. The average molecular weight is 314 g/mol. The van der Waals surface area contributed by atoms with Crippen molar-refractivity contribution in [3.05, 3.63) is 48.7 Å². The number of aromatic nitrogens is 1. The molecule has 2 aromatic rings. The van der Waals surface area contributed by atoms with Crippen LogP contribution in [0.25, 0.3) is 0 Å². The van der Waals surface area contributed by atoms with E-state index in [1.807, 2.05) is 24.5 Å². The SMILES string of the molecule is c1cncc(OC[C@H]2CC[C@H]3[C@H](CCN3Cc3ccoc3)O2)c1. The van der Waals surface area contributed by atoms with Crippen molar-refractivity contribution in [1.29, 1.82) is 0 Å². The van der Waals surface area contributed by atoms with Gasteiger partial charge in [0, 0.05) is 30.9 Å². The molecule has 4 rings (SSSR count). The lowest BCUT2D eigenvalue weighted by Crippen LogP contribution is -2.43. The lowest BCUT2D eigenvalue weighted by Gasteiger charge is -2.35. The van der Waals surface area contributed by atoms with Gasteiger partial charge in [-0.15, -0.1) is 0 Å². The summed E-state index contributed by atoms with van der Waals surface area (Å²) in [6.45, 7) is 2.66. The molecule has 0 N–H and O–H groups in total. The molecule has 2 aliphatic rings. The number of hydrogen-bond acceptors (Lipinski definition) is 5. The minimum atomic E-state index is 0.185. The monoisotopic (exact) mass is 314 g/mol. The second kappa shape index (κ2) is 6.72. The first-order valence-corrected chi connectivity index (χ1v) is 8.32. The van der Waals surface area contributed by atoms with Gasteiger partial charge in [-0.3, -0.25) is 9.88 Å². The van der Waals surface area contributed by atoms with Crippen LogP contribution in [0.5, 0.6) is 5.75 Å². The summed E-state index contributed by atoms with van der Waals surface area (Å²) < 4.78 is 17.2. The summed E-state index contributed by atoms with van der Waals surface area (Å²) >= 11 is 0. The molecule has 0 saturated carbocycles. The highest BCUT2D eigenvalue weighted by Gasteiger charge is 2.39. The zero-order chi connectivity index (χ0) is 15.5. The number of rotatable bonds is 5. The van der Waals surface area contributed by atoms with E-state index in [-0.39, 0.29) is 6.10 Å². The van der Waals surface area contributed by atoms with Crippen molar-refractivity contribution in [2.75, 3.05) is 13.2 Å². The maximum atomic E-state index is 6.27. The maximum Gasteiger partial charge on any atom is 0.137 e. The molecule has 4 heterocycles. The lowest BCUT2D eigenvalue weighted by molar-refractivity contribution is -0.0841. The molecule has 2 aromatic heterocycles. The second-order valence-corrected chi connectivity index (χ2v) is 6.33. The Kier molecular flexibility index (Phi) is 4.30. The number of ether oxygens (including phenoxy) is 2. The summed E-state index contributed by atoms with van der Waals surface area (Å²) in [5, 5.41) is 0. The number of pyridine rings is 1. The fourth-order valence-corrected chi connectivity index (χ4v) is 3.64. The summed E-state index contributed by atoms with van der Waals surface area (Å²) in [6, 6.07) is 6.39. The van der Waals surface area contributed by atoms with Crippen LogP contribution in [-0.2, 0) is 11.3 Å². The molecule has 3 atom stereocenters. The summed E-state index contributed by atoms with van der Waals surface area (Å²) in [7, 11) is 0. The van der Waals surface area contributed by atoms with Crippen LogP contribution in [0.1, 0.15) is 24.8 Å². The van der Waals surface area contributed by atoms with Crippen molar-refractivity contribution >= 4 is 0 Å². The third kappa shape index (κ3) is 3.41. The van der Waals surface area contributed by atoms with Crippen LogP contribution in [0.4, 0.5) is 0 Å². The van der Waals surface area contributed by atoms with E-state index in [0.717, 1.165) is 31.7 Å². The Morgan fingerprint density at radius 2 is 2.26 bits per heavy atom. The first-order chi connectivity index (χ1) is 11.4. The second-order valence-electron chi connectivity index (χ2n) is 6.33. The Morgan fingerprint density at radius 3 is 3.09 bits per heavy atom. The highest BCUT2D eigenvalue weighted by Crippen LogP contribution is 2.32. The largest absolute Gasteiger partial charge is 0.489 e. The van der Waals surface area contributed by atoms with Gasteiger partial charge in [0.25, 0.3) is 0 Å². The molecule has 0 aromatic carbocycles.